The van der Waals surface area contributed by atoms with Crippen LogP contribution in [0.25, 0.3) is 0 Å². The summed E-state index contributed by atoms with van der Waals surface area (Å²) in [6, 6.07) is 2.54. The van der Waals surface area contributed by atoms with E-state index in [1.165, 1.54) is 12.1 Å². The lowest BCUT2D eigenvalue weighted by molar-refractivity contribution is -0.136. The first-order chi connectivity index (χ1) is 6.09. The quantitative estimate of drug-likeness (QED) is 0.671. The molecule has 0 radical (unpaired) electrons. The minimum atomic E-state index is -1.19. The zero-order chi connectivity index (χ0) is 9.84. The maximum atomic E-state index is 10.3. The van der Waals surface area contributed by atoms with Gasteiger partial charge in [-0.05, 0) is 12.1 Å². The normalized spacial score (nSPS) is 9.54. The smallest absolute Gasteiger partial charge is 0.356 e. The number of aliphatic carboxylic acids is 1. The van der Waals surface area contributed by atoms with Crippen LogP contribution in [-0.2, 0) is 11.2 Å². The third-order valence-electron chi connectivity index (χ3n) is 1.27. The zero-order valence-corrected chi connectivity index (χ0v) is 6.47. The van der Waals surface area contributed by atoms with Gasteiger partial charge in [-0.15, -0.1) is 5.10 Å². The Morgan fingerprint density at radius 3 is 2.31 bits per heavy atom. The van der Waals surface area contributed by atoms with Crippen LogP contribution in [0.3, 0.4) is 0 Å². The van der Waals surface area contributed by atoms with Crippen molar-refractivity contribution in [2.24, 2.45) is 0 Å². The van der Waals surface area contributed by atoms with Crippen LogP contribution in [-0.4, -0.2) is 32.3 Å². The summed E-state index contributed by atoms with van der Waals surface area (Å²) < 4.78 is 0. The van der Waals surface area contributed by atoms with Crippen LogP contribution in [0, 0.1) is 0 Å². The minimum Gasteiger partial charge on any atom is -0.481 e. The fourth-order valence-corrected chi connectivity index (χ4v) is 0.723. The number of carboxylic acid groups (broad SMARTS) is 2. The first-order valence-electron chi connectivity index (χ1n) is 3.37. The predicted octanol–water partition coefficient (Wildman–Crippen LogP) is -0.198. The van der Waals surface area contributed by atoms with E-state index in [1.807, 2.05) is 0 Å². The highest BCUT2D eigenvalue weighted by molar-refractivity contribution is 5.85. The monoisotopic (exact) mass is 182 g/mol. The summed E-state index contributed by atoms with van der Waals surface area (Å²) in [5, 5.41) is 23.5. The molecule has 0 aliphatic carbocycles. The molecule has 0 saturated carbocycles. The highest BCUT2D eigenvalue weighted by atomic mass is 16.4. The molecule has 1 aromatic rings. The van der Waals surface area contributed by atoms with Gasteiger partial charge in [0.1, 0.15) is 0 Å². The third kappa shape index (κ3) is 2.51. The Hall–Kier alpha value is -1.98. The van der Waals surface area contributed by atoms with Crippen LogP contribution in [0.5, 0.6) is 0 Å². The molecule has 0 atom stereocenters. The average Bonchev–Trinajstić information content (AvgIpc) is 2.04. The number of hydrogen-bond acceptors (Lipinski definition) is 4. The second kappa shape index (κ2) is 3.61. The maximum absolute atomic E-state index is 10.3. The van der Waals surface area contributed by atoms with Gasteiger partial charge in [0.2, 0.25) is 0 Å². The van der Waals surface area contributed by atoms with Gasteiger partial charge in [-0.1, -0.05) is 0 Å². The van der Waals surface area contributed by atoms with Crippen molar-refractivity contribution in [3.8, 4) is 0 Å². The standard InChI is InChI=1S/C7H6N2O4/c10-6(11)3-4-1-2-5(7(12)13)9-8-4/h1-2H,3H2,(H,10,11)(H,12,13). The molecule has 0 aliphatic heterocycles. The van der Waals surface area contributed by atoms with Crippen molar-refractivity contribution < 1.29 is 19.8 Å². The Bertz CT molecular complexity index is 333. The summed E-state index contributed by atoms with van der Waals surface area (Å²) in [5.41, 5.74) is 0.0339. The van der Waals surface area contributed by atoms with E-state index in [9.17, 15) is 9.59 Å². The van der Waals surface area contributed by atoms with Gasteiger partial charge in [0, 0.05) is 0 Å². The fraction of sp³-hybridized carbons (Fsp3) is 0.143. The van der Waals surface area contributed by atoms with E-state index < -0.39 is 11.9 Å². The summed E-state index contributed by atoms with van der Waals surface area (Å²) in [6.07, 6.45) is -0.257. The molecule has 0 bridgehead atoms. The summed E-state index contributed by atoms with van der Waals surface area (Å²) in [6.45, 7) is 0. The molecule has 0 fully saturated rings. The van der Waals surface area contributed by atoms with E-state index in [2.05, 4.69) is 10.2 Å². The van der Waals surface area contributed by atoms with Gasteiger partial charge >= 0.3 is 11.9 Å². The molecule has 0 aliphatic rings. The van der Waals surface area contributed by atoms with Crippen molar-refractivity contribution >= 4 is 11.9 Å². The molecule has 1 aromatic heterocycles. The Morgan fingerprint density at radius 1 is 1.23 bits per heavy atom. The topological polar surface area (TPSA) is 100 Å². The number of aromatic carboxylic acids is 1. The first-order valence-corrected chi connectivity index (χ1v) is 3.37. The van der Waals surface area contributed by atoms with Gasteiger partial charge in [0.25, 0.3) is 0 Å². The van der Waals surface area contributed by atoms with Crippen molar-refractivity contribution in [2.45, 2.75) is 6.42 Å². The molecular formula is C7H6N2O4. The Morgan fingerprint density at radius 2 is 1.92 bits per heavy atom. The second-order valence-electron chi connectivity index (χ2n) is 2.29. The van der Waals surface area contributed by atoms with Crippen LogP contribution in [0.1, 0.15) is 16.2 Å². The molecule has 1 heterocycles. The van der Waals surface area contributed by atoms with E-state index in [4.69, 9.17) is 10.2 Å². The van der Waals surface area contributed by atoms with Gasteiger partial charge in [0.15, 0.2) is 5.69 Å². The highest BCUT2D eigenvalue weighted by Crippen LogP contribution is 1.97. The van der Waals surface area contributed by atoms with Crippen molar-refractivity contribution in [2.75, 3.05) is 0 Å². The van der Waals surface area contributed by atoms with Crippen LogP contribution in [0.2, 0.25) is 0 Å². The SMILES string of the molecule is O=C(O)Cc1ccc(C(=O)O)nn1. The van der Waals surface area contributed by atoms with Crippen LogP contribution in [0.15, 0.2) is 12.1 Å². The number of rotatable bonds is 3. The summed E-state index contributed by atoms with van der Waals surface area (Å²) >= 11 is 0. The number of aromatic nitrogens is 2. The van der Waals surface area contributed by atoms with Crippen molar-refractivity contribution in [3.63, 3.8) is 0 Å². The molecule has 6 nitrogen and oxygen atoms in total. The predicted molar refractivity (Wildman–Crippen MR) is 40.3 cm³/mol. The fourth-order valence-electron chi connectivity index (χ4n) is 0.723. The summed E-state index contributed by atoms with van der Waals surface area (Å²) in [5.74, 6) is -2.22. The van der Waals surface area contributed by atoms with Gasteiger partial charge < -0.3 is 10.2 Å². The molecule has 2 N–H and O–H groups in total. The van der Waals surface area contributed by atoms with Crippen LogP contribution >= 0.6 is 0 Å². The molecule has 0 amide bonds. The lowest BCUT2D eigenvalue weighted by Crippen LogP contribution is -2.07. The van der Waals surface area contributed by atoms with Gasteiger partial charge in [-0.25, -0.2) is 4.79 Å². The van der Waals surface area contributed by atoms with Crippen LogP contribution in [0.4, 0.5) is 0 Å². The summed E-state index contributed by atoms with van der Waals surface area (Å²) in [4.78, 5) is 20.5. The number of nitrogens with zero attached hydrogens (tertiary/aromatic N) is 2. The largest absolute Gasteiger partial charge is 0.481 e. The van der Waals surface area contributed by atoms with Gasteiger partial charge in [0.05, 0.1) is 12.1 Å². The van der Waals surface area contributed by atoms with E-state index in [0.717, 1.165) is 0 Å². The highest BCUT2D eigenvalue weighted by Gasteiger charge is 2.06. The summed E-state index contributed by atoms with van der Waals surface area (Å²) in [7, 11) is 0. The number of hydrogen-bond donors (Lipinski definition) is 2. The second-order valence-corrected chi connectivity index (χ2v) is 2.29. The molecule has 0 saturated heterocycles. The lowest BCUT2D eigenvalue weighted by atomic mass is 10.3. The van der Waals surface area contributed by atoms with E-state index in [1.54, 1.807) is 0 Å². The maximum Gasteiger partial charge on any atom is 0.356 e. The van der Waals surface area contributed by atoms with E-state index in [0.29, 0.717) is 0 Å². The Balaban J connectivity index is 2.81. The van der Waals surface area contributed by atoms with Gasteiger partial charge in [-0.3, -0.25) is 4.79 Å². The first kappa shape index (κ1) is 9.11. The molecular weight excluding hydrogens is 176 g/mol. The molecule has 0 aromatic carbocycles. The van der Waals surface area contributed by atoms with E-state index in [-0.39, 0.29) is 17.8 Å². The number of carboxylic acids is 2. The Labute approximate surface area is 72.8 Å². The zero-order valence-electron chi connectivity index (χ0n) is 6.47. The Kier molecular flexibility index (Phi) is 2.53. The molecule has 1 rings (SSSR count). The van der Waals surface area contributed by atoms with Crippen molar-refractivity contribution in [1.29, 1.82) is 0 Å². The minimum absolute atomic E-state index is 0.200. The molecule has 6 heteroatoms. The van der Waals surface area contributed by atoms with Crippen molar-refractivity contribution in [1.82, 2.24) is 10.2 Å². The molecule has 0 spiro atoms. The van der Waals surface area contributed by atoms with E-state index >= 15 is 0 Å². The number of carbonyl (C=O) groups is 2. The lowest BCUT2D eigenvalue weighted by Gasteiger charge is -1.94. The van der Waals surface area contributed by atoms with Crippen molar-refractivity contribution in [3.05, 3.63) is 23.5 Å². The van der Waals surface area contributed by atoms with Crippen LogP contribution < -0.4 is 0 Å². The molecule has 0 unspecified atom stereocenters. The molecule has 68 valence electrons. The average molecular weight is 182 g/mol. The third-order valence-corrected chi connectivity index (χ3v) is 1.27. The molecule has 13 heavy (non-hydrogen) atoms. The van der Waals surface area contributed by atoms with Gasteiger partial charge in [-0.2, -0.15) is 5.10 Å².